The highest BCUT2D eigenvalue weighted by Gasteiger charge is 2.39. The molecule has 0 radical (unpaired) electrons. The number of ether oxygens (including phenoxy) is 1. The van der Waals surface area contributed by atoms with Crippen molar-refractivity contribution in [1.29, 1.82) is 0 Å². The Morgan fingerprint density at radius 3 is 2.58 bits per heavy atom. The van der Waals surface area contributed by atoms with Gasteiger partial charge in [0.25, 0.3) is 0 Å². The summed E-state index contributed by atoms with van der Waals surface area (Å²) in [5.41, 5.74) is 0. The van der Waals surface area contributed by atoms with E-state index in [0.29, 0.717) is 32.4 Å². The SMILES string of the molecule is CCC1COC(C)CN1C(=O)C1CCC(C(=O)O)C1. The Hall–Kier alpha value is -1.10. The molecule has 108 valence electrons. The number of hydrogen-bond acceptors (Lipinski definition) is 3. The fraction of sp³-hybridized carbons (Fsp3) is 0.857. The lowest BCUT2D eigenvalue weighted by atomic mass is 10.0. The summed E-state index contributed by atoms with van der Waals surface area (Å²) in [5.74, 6) is -1.09. The van der Waals surface area contributed by atoms with Crippen LogP contribution in [-0.2, 0) is 14.3 Å². The number of rotatable bonds is 3. The molecular weight excluding hydrogens is 246 g/mol. The van der Waals surface area contributed by atoms with Crippen molar-refractivity contribution in [3.63, 3.8) is 0 Å². The van der Waals surface area contributed by atoms with Crippen LogP contribution in [0.4, 0.5) is 0 Å². The van der Waals surface area contributed by atoms with Crippen LogP contribution in [0.2, 0.25) is 0 Å². The molecule has 0 aromatic heterocycles. The molecule has 0 spiro atoms. The first-order valence-electron chi connectivity index (χ1n) is 7.17. The van der Waals surface area contributed by atoms with E-state index in [1.165, 1.54) is 0 Å². The Kier molecular flexibility index (Phi) is 4.45. The number of amides is 1. The van der Waals surface area contributed by atoms with Gasteiger partial charge in [0.05, 0.1) is 24.7 Å². The van der Waals surface area contributed by atoms with Crippen molar-refractivity contribution in [2.75, 3.05) is 13.2 Å². The van der Waals surface area contributed by atoms with Crippen LogP contribution in [0.5, 0.6) is 0 Å². The van der Waals surface area contributed by atoms with Crippen LogP contribution < -0.4 is 0 Å². The topological polar surface area (TPSA) is 66.8 Å². The number of carbonyl (C=O) groups is 2. The lowest BCUT2D eigenvalue weighted by molar-refractivity contribution is -0.149. The number of carboxylic acids is 1. The minimum atomic E-state index is -0.766. The van der Waals surface area contributed by atoms with E-state index in [1.54, 1.807) is 0 Å². The smallest absolute Gasteiger partial charge is 0.306 e. The molecular formula is C14H23NO4. The van der Waals surface area contributed by atoms with Gasteiger partial charge in [-0.2, -0.15) is 0 Å². The maximum atomic E-state index is 12.6. The fourth-order valence-corrected chi connectivity index (χ4v) is 3.12. The fourth-order valence-electron chi connectivity index (χ4n) is 3.12. The largest absolute Gasteiger partial charge is 0.481 e. The van der Waals surface area contributed by atoms with Crippen LogP contribution in [-0.4, -0.2) is 47.2 Å². The van der Waals surface area contributed by atoms with Gasteiger partial charge in [0, 0.05) is 12.5 Å². The number of hydrogen-bond donors (Lipinski definition) is 1. The Morgan fingerprint density at radius 1 is 1.32 bits per heavy atom. The van der Waals surface area contributed by atoms with E-state index in [2.05, 4.69) is 6.92 Å². The maximum absolute atomic E-state index is 12.6. The lowest BCUT2D eigenvalue weighted by Gasteiger charge is -2.39. The minimum absolute atomic E-state index is 0.0726. The first kappa shape index (κ1) is 14.3. The van der Waals surface area contributed by atoms with Crippen LogP contribution in [0, 0.1) is 11.8 Å². The van der Waals surface area contributed by atoms with Gasteiger partial charge < -0.3 is 14.7 Å². The summed E-state index contributed by atoms with van der Waals surface area (Å²) in [6.45, 7) is 5.25. The normalized spacial score (nSPS) is 35.4. The summed E-state index contributed by atoms with van der Waals surface area (Å²) in [4.78, 5) is 25.5. The van der Waals surface area contributed by atoms with Gasteiger partial charge in [-0.15, -0.1) is 0 Å². The van der Waals surface area contributed by atoms with Crippen molar-refractivity contribution in [2.24, 2.45) is 11.8 Å². The van der Waals surface area contributed by atoms with Crippen LogP contribution in [0.25, 0.3) is 0 Å². The van der Waals surface area contributed by atoms with Crippen LogP contribution >= 0.6 is 0 Å². The van der Waals surface area contributed by atoms with Gasteiger partial charge in [0.2, 0.25) is 5.91 Å². The molecule has 1 aliphatic carbocycles. The molecule has 1 heterocycles. The molecule has 1 saturated carbocycles. The lowest BCUT2D eigenvalue weighted by Crippen LogP contribution is -2.52. The van der Waals surface area contributed by atoms with E-state index < -0.39 is 5.97 Å². The molecule has 1 amide bonds. The minimum Gasteiger partial charge on any atom is -0.481 e. The zero-order valence-corrected chi connectivity index (χ0v) is 11.7. The van der Waals surface area contributed by atoms with E-state index in [-0.39, 0.29) is 29.9 Å². The van der Waals surface area contributed by atoms with Crippen molar-refractivity contribution in [2.45, 2.75) is 51.7 Å². The van der Waals surface area contributed by atoms with E-state index in [0.717, 1.165) is 6.42 Å². The predicted molar refractivity (Wildman–Crippen MR) is 69.7 cm³/mol. The van der Waals surface area contributed by atoms with Gasteiger partial charge in [0.1, 0.15) is 0 Å². The van der Waals surface area contributed by atoms with Gasteiger partial charge in [-0.05, 0) is 32.6 Å². The predicted octanol–water partition coefficient (Wildman–Crippen LogP) is 1.51. The summed E-state index contributed by atoms with van der Waals surface area (Å²) in [7, 11) is 0. The molecule has 0 bridgehead atoms. The Balaban J connectivity index is 2.00. The third kappa shape index (κ3) is 3.08. The second kappa shape index (κ2) is 5.90. The number of aliphatic carboxylic acids is 1. The van der Waals surface area contributed by atoms with Crippen molar-refractivity contribution in [3.8, 4) is 0 Å². The highest BCUT2D eigenvalue weighted by atomic mass is 16.5. The third-order valence-electron chi connectivity index (χ3n) is 4.35. The summed E-state index contributed by atoms with van der Waals surface area (Å²) in [6.07, 6.45) is 2.79. The summed E-state index contributed by atoms with van der Waals surface area (Å²) >= 11 is 0. The highest BCUT2D eigenvalue weighted by Crippen LogP contribution is 2.33. The van der Waals surface area contributed by atoms with Gasteiger partial charge in [-0.25, -0.2) is 0 Å². The molecule has 2 rings (SSSR count). The first-order chi connectivity index (χ1) is 9.02. The average Bonchev–Trinajstić information content (AvgIpc) is 2.87. The zero-order valence-electron chi connectivity index (χ0n) is 11.7. The van der Waals surface area contributed by atoms with Gasteiger partial charge in [-0.1, -0.05) is 6.92 Å². The van der Waals surface area contributed by atoms with Crippen molar-refractivity contribution in [3.05, 3.63) is 0 Å². The van der Waals surface area contributed by atoms with E-state index >= 15 is 0 Å². The molecule has 19 heavy (non-hydrogen) atoms. The monoisotopic (exact) mass is 269 g/mol. The average molecular weight is 269 g/mol. The second-order valence-electron chi connectivity index (χ2n) is 5.74. The van der Waals surface area contributed by atoms with Crippen LogP contribution in [0.3, 0.4) is 0 Å². The first-order valence-corrected chi connectivity index (χ1v) is 7.17. The van der Waals surface area contributed by atoms with Gasteiger partial charge in [-0.3, -0.25) is 9.59 Å². The molecule has 0 aromatic rings. The summed E-state index contributed by atoms with van der Waals surface area (Å²) < 4.78 is 5.60. The maximum Gasteiger partial charge on any atom is 0.306 e. The van der Waals surface area contributed by atoms with Gasteiger partial charge >= 0.3 is 5.97 Å². The summed E-state index contributed by atoms with van der Waals surface area (Å²) in [6, 6.07) is 0.146. The number of carbonyl (C=O) groups excluding carboxylic acids is 1. The van der Waals surface area contributed by atoms with Crippen LogP contribution in [0.15, 0.2) is 0 Å². The molecule has 2 fully saturated rings. The Morgan fingerprint density at radius 2 is 2.00 bits per heavy atom. The number of morpholine rings is 1. The zero-order chi connectivity index (χ0) is 14.0. The standard InChI is InChI=1S/C14H23NO4/c1-3-12-8-19-9(2)7-15(12)13(16)10-4-5-11(6-10)14(17)18/h9-12H,3-8H2,1-2H3,(H,17,18). The molecule has 5 nitrogen and oxygen atoms in total. The van der Waals surface area contributed by atoms with Crippen molar-refractivity contribution >= 4 is 11.9 Å². The quantitative estimate of drug-likeness (QED) is 0.843. The van der Waals surface area contributed by atoms with Crippen molar-refractivity contribution in [1.82, 2.24) is 4.90 Å². The molecule has 5 heteroatoms. The second-order valence-corrected chi connectivity index (χ2v) is 5.74. The number of nitrogens with zero attached hydrogens (tertiary/aromatic N) is 1. The highest BCUT2D eigenvalue weighted by molar-refractivity contribution is 5.81. The summed E-state index contributed by atoms with van der Waals surface area (Å²) in [5, 5.41) is 9.02. The third-order valence-corrected chi connectivity index (χ3v) is 4.35. The molecule has 0 aromatic carbocycles. The molecule has 1 N–H and O–H groups in total. The van der Waals surface area contributed by atoms with Crippen LogP contribution in [0.1, 0.15) is 39.5 Å². The Bertz CT molecular complexity index is 357. The molecule has 4 unspecified atom stereocenters. The molecule has 4 atom stereocenters. The Labute approximate surface area is 113 Å². The number of carboxylic acid groups (broad SMARTS) is 1. The van der Waals surface area contributed by atoms with E-state index in [9.17, 15) is 9.59 Å². The molecule has 1 saturated heterocycles. The van der Waals surface area contributed by atoms with E-state index in [4.69, 9.17) is 9.84 Å². The molecule has 2 aliphatic rings. The van der Waals surface area contributed by atoms with Gasteiger partial charge in [0.15, 0.2) is 0 Å². The van der Waals surface area contributed by atoms with E-state index in [1.807, 2.05) is 11.8 Å². The van der Waals surface area contributed by atoms with Crippen molar-refractivity contribution < 1.29 is 19.4 Å². The molecule has 1 aliphatic heterocycles.